The normalized spacial score (nSPS) is 12.0. The first kappa shape index (κ1) is 15.0. The molecule has 1 unspecified atom stereocenters. The summed E-state index contributed by atoms with van der Waals surface area (Å²) in [5.74, 6) is -0.0155. The first-order valence-corrected chi connectivity index (χ1v) is 7.41. The molecular weight excluding hydrogens is 292 g/mol. The summed E-state index contributed by atoms with van der Waals surface area (Å²) in [6, 6.07) is 16.5. The number of carboxylic acid groups (broad SMARTS) is 1. The minimum atomic E-state index is -0.980. The van der Waals surface area contributed by atoms with Crippen LogP contribution >= 0.6 is 0 Å². The monoisotopic (exact) mass is 308 g/mol. The highest BCUT2D eigenvalue weighted by Crippen LogP contribution is 2.28. The van der Waals surface area contributed by atoms with Gasteiger partial charge in [0, 0.05) is 5.56 Å². The Morgan fingerprint density at radius 2 is 1.96 bits per heavy atom. The second-order valence-corrected chi connectivity index (χ2v) is 5.21. The first-order valence-electron chi connectivity index (χ1n) is 7.41. The predicted octanol–water partition coefficient (Wildman–Crippen LogP) is 3.98. The largest absolute Gasteiger partial charge is 0.478 e. The van der Waals surface area contributed by atoms with Crippen molar-refractivity contribution in [2.24, 2.45) is 0 Å². The lowest BCUT2D eigenvalue weighted by atomic mass is 9.96. The van der Waals surface area contributed by atoms with Crippen molar-refractivity contribution in [1.82, 2.24) is 10.1 Å². The van der Waals surface area contributed by atoms with Gasteiger partial charge in [0.2, 0.25) is 11.7 Å². The Balaban J connectivity index is 1.94. The Kier molecular flexibility index (Phi) is 4.19. The van der Waals surface area contributed by atoms with E-state index in [0.29, 0.717) is 17.3 Å². The quantitative estimate of drug-likeness (QED) is 0.771. The van der Waals surface area contributed by atoms with Gasteiger partial charge in [-0.1, -0.05) is 54.5 Å². The van der Waals surface area contributed by atoms with Crippen LogP contribution in [0, 0.1) is 0 Å². The van der Waals surface area contributed by atoms with Gasteiger partial charge in [0.1, 0.15) is 0 Å². The maximum absolute atomic E-state index is 11.1. The van der Waals surface area contributed by atoms with E-state index in [1.165, 1.54) is 6.07 Å². The summed E-state index contributed by atoms with van der Waals surface area (Å²) >= 11 is 0. The molecule has 116 valence electrons. The molecule has 0 saturated carbocycles. The van der Waals surface area contributed by atoms with Crippen molar-refractivity contribution in [1.29, 1.82) is 0 Å². The van der Waals surface area contributed by atoms with Crippen LogP contribution in [0.5, 0.6) is 0 Å². The molecule has 3 aromatic rings. The van der Waals surface area contributed by atoms with Gasteiger partial charge in [-0.2, -0.15) is 4.98 Å². The standard InChI is InChI=1S/C18H16N2O3/c1-2-15(12-7-4-3-5-8-12)17-19-16(20-23-17)13-9-6-10-14(11-13)18(21)22/h3-11,15H,2H2,1H3,(H,21,22). The number of hydrogen-bond donors (Lipinski definition) is 1. The minimum absolute atomic E-state index is 0.0279. The summed E-state index contributed by atoms with van der Waals surface area (Å²) < 4.78 is 5.42. The van der Waals surface area contributed by atoms with Crippen LogP contribution in [-0.2, 0) is 0 Å². The lowest BCUT2D eigenvalue weighted by Crippen LogP contribution is -2.00. The molecule has 0 bridgehead atoms. The highest BCUT2D eigenvalue weighted by atomic mass is 16.5. The minimum Gasteiger partial charge on any atom is -0.478 e. The van der Waals surface area contributed by atoms with Crippen LogP contribution in [-0.4, -0.2) is 21.2 Å². The highest BCUT2D eigenvalue weighted by molar-refractivity contribution is 5.89. The molecule has 23 heavy (non-hydrogen) atoms. The lowest BCUT2D eigenvalue weighted by molar-refractivity contribution is 0.0697. The van der Waals surface area contributed by atoms with Crippen molar-refractivity contribution < 1.29 is 14.4 Å². The summed E-state index contributed by atoms with van der Waals surface area (Å²) in [6.45, 7) is 2.06. The van der Waals surface area contributed by atoms with Crippen LogP contribution in [0.4, 0.5) is 0 Å². The van der Waals surface area contributed by atoms with Crippen LogP contribution < -0.4 is 0 Å². The number of rotatable bonds is 5. The molecule has 5 heteroatoms. The number of aromatic nitrogens is 2. The van der Waals surface area contributed by atoms with E-state index in [1.807, 2.05) is 30.3 Å². The Labute approximate surface area is 133 Å². The summed E-state index contributed by atoms with van der Waals surface area (Å²) in [6.07, 6.45) is 0.834. The molecule has 5 nitrogen and oxygen atoms in total. The molecule has 0 aliphatic heterocycles. The molecule has 0 spiro atoms. The Hall–Kier alpha value is -2.95. The van der Waals surface area contributed by atoms with E-state index in [4.69, 9.17) is 9.63 Å². The van der Waals surface area contributed by atoms with Crippen molar-refractivity contribution >= 4 is 5.97 Å². The third-order valence-corrected chi connectivity index (χ3v) is 3.72. The molecular formula is C18H16N2O3. The maximum atomic E-state index is 11.1. The number of nitrogens with zero attached hydrogens (tertiary/aromatic N) is 2. The van der Waals surface area contributed by atoms with Crippen LogP contribution in [0.2, 0.25) is 0 Å². The zero-order valence-corrected chi connectivity index (χ0v) is 12.6. The van der Waals surface area contributed by atoms with Gasteiger partial charge in [-0.3, -0.25) is 0 Å². The van der Waals surface area contributed by atoms with Gasteiger partial charge in [0.05, 0.1) is 11.5 Å². The maximum Gasteiger partial charge on any atom is 0.335 e. The summed E-state index contributed by atoms with van der Waals surface area (Å²) in [5, 5.41) is 13.1. The molecule has 1 atom stereocenters. The lowest BCUT2D eigenvalue weighted by Gasteiger charge is -2.09. The van der Waals surface area contributed by atoms with Crippen molar-refractivity contribution in [3.63, 3.8) is 0 Å². The fourth-order valence-corrected chi connectivity index (χ4v) is 2.52. The summed E-state index contributed by atoms with van der Waals surface area (Å²) in [5.41, 5.74) is 1.94. The highest BCUT2D eigenvalue weighted by Gasteiger charge is 2.20. The van der Waals surface area contributed by atoms with Gasteiger partial charge >= 0.3 is 5.97 Å². The fourth-order valence-electron chi connectivity index (χ4n) is 2.52. The molecule has 1 heterocycles. The van der Waals surface area contributed by atoms with Crippen LogP contribution in [0.3, 0.4) is 0 Å². The average molecular weight is 308 g/mol. The van der Waals surface area contributed by atoms with Crippen molar-refractivity contribution in [2.45, 2.75) is 19.3 Å². The smallest absolute Gasteiger partial charge is 0.335 e. The van der Waals surface area contributed by atoms with Crippen molar-refractivity contribution in [3.8, 4) is 11.4 Å². The van der Waals surface area contributed by atoms with E-state index >= 15 is 0 Å². The predicted molar refractivity (Wildman–Crippen MR) is 85.3 cm³/mol. The van der Waals surface area contributed by atoms with Gasteiger partial charge in [-0.25, -0.2) is 4.79 Å². The third kappa shape index (κ3) is 3.13. The van der Waals surface area contributed by atoms with E-state index in [1.54, 1.807) is 18.2 Å². The molecule has 0 fully saturated rings. The zero-order chi connectivity index (χ0) is 16.2. The SMILES string of the molecule is CCC(c1ccccc1)c1nc(-c2cccc(C(=O)O)c2)no1. The Morgan fingerprint density at radius 3 is 2.65 bits per heavy atom. The number of aromatic carboxylic acids is 1. The molecule has 0 saturated heterocycles. The molecule has 0 aliphatic carbocycles. The molecule has 3 rings (SSSR count). The summed E-state index contributed by atoms with van der Waals surface area (Å²) in [7, 11) is 0. The topological polar surface area (TPSA) is 76.2 Å². The third-order valence-electron chi connectivity index (χ3n) is 3.72. The Morgan fingerprint density at radius 1 is 1.17 bits per heavy atom. The van der Waals surface area contributed by atoms with E-state index in [-0.39, 0.29) is 11.5 Å². The molecule has 2 aromatic carbocycles. The fraction of sp³-hybridized carbons (Fsp3) is 0.167. The molecule has 0 aliphatic rings. The number of carbonyl (C=O) groups is 1. The molecule has 0 radical (unpaired) electrons. The second-order valence-electron chi connectivity index (χ2n) is 5.21. The van der Waals surface area contributed by atoms with Gasteiger partial charge in [0.25, 0.3) is 0 Å². The van der Waals surface area contributed by atoms with Crippen LogP contribution in [0.1, 0.15) is 41.1 Å². The number of carboxylic acids is 1. The van der Waals surface area contributed by atoms with Crippen molar-refractivity contribution in [3.05, 3.63) is 71.6 Å². The van der Waals surface area contributed by atoms with Gasteiger partial charge in [0.15, 0.2) is 0 Å². The Bertz CT molecular complexity index is 812. The van der Waals surface area contributed by atoms with Crippen LogP contribution in [0.15, 0.2) is 59.1 Å². The van der Waals surface area contributed by atoms with E-state index < -0.39 is 5.97 Å². The zero-order valence-electron chi connectivity index (χ0n) is 12.6. The molecule has 1 N–H and O–H groups in total. The van der Waals surface area contributed by atoms with E-state index in [0.717, 1.165) is 12.0 Å². The van der Waals surface area contributed by atoms with Gasteiger partial charge in [-0.05, 0) is 24.1 Å². The second kappa shape index (κ2) is 6.44. The molecule has 0 amide bonds. The van der Waals surface area contributed by atoms with Crippen molar-refractivity contribution in [2.75, 3.05) is 0 Å². The van der Waals surface area contributed by atoms with Gasteiger partial charge in [-0.15, -0.1) is 0 Å². The van der Waals surface area contributed by atoms with E-state index in [2.05, 4.69) is 17.1 Å². The molecule has 1 aromatic heterocycles. The number of hydrogen-bond acceptors (Lipinski definition) is 4. The van der Waals surface area contributed by atoms with Crippen LogP contribution in [0.25, 0.3) is 11.4 Å². The van der Waals surface area contributed by atoms with E-state index in [9.17, 15) is 4.79 Å². The average Bonchev–Trinajstić information content (AvgIpc) is 3.06. The summed E-state index contributed by atoms with van der Waals surface area (Å²) in [4.78, 5) is 15.5. The number of benzene rings is 2. The van der Waals surface area contributed by atoms with Gasteiger partial charge < -0.3 is 9.63 Å². The first-order chi connectivity index (χ1) is 11.2.